The molecule has 0 saturated carbocycles. The number of fused-ring (bicyclic) bond motifs is 4. The first-order chi connectivity index (χ1) is 26.3. The van der Waals surface area contributed by atoms with E-state index in [1.165, 1.54) is 0 Å². The number of ether oxygens (including phenoxy) is 5. The predicted molar refractivity (Wildman–Crippen MR) is 204 cm³/mol. The summed E-state index contributed by atoms with van der Waals surface area (Å²) >= 11 is 0. The predicted octanol–water partition coefficient (Wildman–Crippen LogP) is 8.60. The van der Waals surface area contributed by atoms with Gasteiger partial charge in [0, 0.05) is 40.9 Å². The number of rotatable bonds is 8. The maximum absolute atomic E-state index is 13.6. The Morgan fingerprint density at radius 3 is 2.59 bits per heavy atom. The van der Waals surface area contributed by atoms with E-state index in [1.54, 1.807) is 25.3 Å². The average Bonchev–Trinajstić information content (AvgIpc) is 3.97. The molecule has 0 radical (unpaired) electrons. The molecule has 6 aromatic rings. The maximum Gasteiger partial charge on any atom is 0.412 e. The van der Waals surface area contributed by atoms with Crippen LogP contribution in [0, 0.1) is 0 Å². The van der Waals surface area contributed by atoms with E-state index >= 15 is 0 Å². The number of carbonyl (C=O) groups is 1. The van der Waals surface area contributed by atoms with Crippen molar-refractivity contribution in [3.8, 4) is 33.9 Å². The van der Waals surface area contributed by atoms with Crippen LogP contribution in [-0.2, 0) is 39.4 Å². The highest BCUT2D eigenvalue weighted by molar-refractivity contribution is 6.06. The van der Waals surface area contributed by atoms with Crippen molar-refractivity contribution in [1.29, 1.82) is 0 Å². The van der Waals surface area contributed by atoms with Crippen molar-refractivity contribution >= 4 is 23.1 Å². The van der Waals surface area contributed by atoms with Gasteiger partial charge in [0.15, 0.2) is 5.76 Å². The van der Waals surface area contributed by atoms with E-state index < -0.39 is 17.2 Å². The third kappa shape index (κ3) is 5.56. The van der Waals surface area contributed by atoms with Gasteiger partial charge in [0.25, 0.3) is 0 Å². The van der Waals surface area contributed by atoms with E-state index in [1.807, 2.05) is 56.3 Å². The number of benzene rings is 4. The van der Waals surface area contributed by atoms with E-state index in [2.05, 4.69) is 65.4 Å². The smallest absolute Gasteiger partial charge is 0.412 e. The first-order valence-corrected chi connectivity index (χ1v) is 18.1. The topological polar surface area (TPSA) is 97.4 Å². The number of aromatic nitrogens is 2. The Kier molecular flexibility index (Phi) is 8.32. The molecular weight excluding hydrogens is 682 g/mol. The molecular formula is C44H41N3O7. The third-order valence-electron chi connectivity index (χ3n) is 10.9. The van der Waals surface area contributed by atoms with E-state index in [0.29, 0.717) is 43.8 Å². The van der Waals surface area contributed by atoms with Crippen LogP contribution in [-0.4, -0.2) is 59.7 Å². The molecule has 3 aliphatic heterocycles. The van der Waals surface area contributed by atoms with Crippen LogP contribution in [0.25, 0.3) is 39.4 Å². The summed E-state index contributed by atoms with van der Waals surface area (Å²) in [6.45, 7) is 5.08. The van der Waals surface area contributed by atoms with Gasteiger partial charge in [0.1, 0.15) is 37.2 Å². The fourth-order valence-electron chi connectivity index (χ4n) is 8.38. The summed E-state index contributed by atoms with van der Waals surface area (Å²) in [5.74, 6) is 2.67. The summed E-state index contributed by atoms with van der Waals surface area (Å²) in [7, 11) is 3.38. The second-order valence-electron chi connectivity index (χ2n) is 14.5. The van der Waals surface area contributed by atoms with E-state index in [-0.39, 0.29) is 12.6 Å². The monoisotopic (exact) mass is 723 g/mol. The van der Waals surface area contributed by atoms with Crippen molar-refractivity contribution in [2.24, 2.45) is 0 Å². The molecule has 0 N–H and O–H groups in total. The number of hydrogen-bond acceptors (Lipinski definition) is 8. The van der Waals surface area contributed by atoms with Crippen LogP contribution in [0.1, 0.15) is 42.0 Å². The fraction of sp³-hybridized carbons (Fsp3) is 0.273. The Morgan fingerprint density at radius 1 is 0.926 bits per heavy atom. The lowest BCUT2D eigenvalue weighted by Crippen LogP contribution is -2.48. The number of oxazole rings is 1. The van der Waals surface area contributed by atoms with Crippen LogP contribution in [0.2, 0.25) is 0 Å². The van der Waals surface area contributed by atoms with Crippen molar-refractivity contribution in [1.82, 2.24) is 14.5 Å². The number of hydrogen-bond donors (Lipinski definition) is 0. The Labute approximate surface area is 313 Å². The zero-order chi connectivity index (χ0) is 37.0. The van der Waals surface area contributed by atoms with Crippen LogP contribution >= 0.6 is 0 Å². The Morgan fingerprint density at radius 2 is 1.76 bits per heavy atom. The van der Waals surface area contributed by atoms with Gasteiger partial charge in [-0.1, -0.05) is 78.9 Å². The van der Waals surface area contributed by atoms with Crippen molar-refractivity contribution < 1.29 is 32.9 Å². The molecule has 1 amide bonds. The molecule has 1 fully saturated rings. The molecule has 0 unspecified atom stereocenters. The minimum Gasteiger partial charge on any atom is -0.496 e. The summed E-state index contributed by atoms with van der Waals surface area (Å²) in [6.07, 6.45) is 8.02. The summed E-state index contributed by atoms with van der Waals surface area (Å²) < 4.78 is 38.9. The molecule has 10 nitrogen and oxygen atoms in total. The number of nitrogens with zero attached hydrogens (tertiary/aromatic N) is 3. The van der Waals surface area contributed by atoms with Crippen molar-refractivity contribution in [2.45, 2.75) is 50.8 Å². The molecule has 10 heteroatoms. The highest BCUT2D eigenvalue weighted by Crippen LogP contribution is 2.53. The van der Waals surface area contributed by atoms with Gasteiger partial charge in [0.2, 0.25) is 5.89 Å². The minimum atomic E-state index is -0.834. The highest BCUT2D eigenvalue weighted by Gasteiger charge is 2.46. The van der Waals surface area contributed by atoms with Crippen molar-refractivity contribution in [2.75, 3.05) is 27.4 Å². The van der Waals surface area contributed by atoms with Gasteiger partial charge in [-0.25, -0.2) is 9.78 Å². The Hall–Kier alpha value is -5.84. The lowest BCUT2D eigenvalue weighted by molar-refractivity contribution is -0.0491. The molecule has 2 aromatic heterocycles. The molecule has 0 spiro atoms. The first-order valence-electron chi connectivity index (χ1n) is 18.1. The zero-order valence-corrected chi connectivity index (χ0v) is 30.7. The summed E-state index contributed by atoms with van der Waals surface area (Å²) in [6, 6.07) is 28.3. The standard InChI is InChI=1S/C44H41N3O7/c1-43(2)47(42(48)51-24-28-10-6-5-7-11-28)30(25-53-43)20-29-16-17-37(50-4)35(21-29)44-19-18-39-45-22-38(54-39)33-23-46(27-49-3)36-15-9-12-31(40(33)36)32-13-8-14-34(44)41(32)52-26-44/h5-19,21-23,30H,20,24-27H2,1-4H3/b19-18-/t30-,44-/m0/s1. The van der Waals surface area contributed by atoms with Gasteiger partial charge in [-0.2, -0.15) is 0 Å². The van der Waals surface area contributed by atoms with Gasteiger partial charge in [-0.15, -0.1) is 0 Å². The van der Waals surface area contributed by atoms with Crippen LogP contribution in [0.3, 0.4) is 0 Å². The van der Waals surface area contributed by atoms with E-state index in [9.17, 15) is 4.79 Å². The second kappa shape index (κ2) is 13.2. The number of carbonyl (C=O) groups excluding carboxylic acids is 1. The Bertz CT molecular complexity index is 2410. The number of methoxy groups -OCH3 is 2. The van der Waals surface area contributed by atoms with Crippen LogP contribution in [0.15, 0.2) is 108 Å². The quantitative estimate of drug-likeness (QED) is 0.154. The maximum atomic E-state index is 13.6. The lowest BCUT2D eigenvalue weighted by Gasteiger charge is -2.33. The molecule has 2 atom stereocenters. The van der Waals surface area contributed by atoms with E-state index in [4.69, 9.17) is 33.1 Å². The van der Waals surface area contributed by atoms with Crippen molar-refractivity contribution in [3.63, 3.8) is 0 Å². The second-order valence-corrected chi connectivity index (χ2v) is 14.5. The SMILES string of the molecule is COCn1cc2c3c(cccc31)-c1cccc3c1OC[C@@]3(c1cc(C[C@H]3COC(C)(C)N3C(=O)OCc3ccccc3)ccc1OC)/C=C\c1ncc-2o1. The normalized spacial score (nSPS) is 19.9. The fourth-order valence-corrected chi connectivity index (χ4v) is 8.38. The minimum absolute atomic E-state index is 0.183. The molecule has 54 heavy (non-hydrogen) atoms. The summed E-state index contributed by atoms with van der Waals surface area (Å²) in [4.78, 5) is 20.0. The average molecular weight is 724 g/mol. The molecule has 9 rings (SSSR count). The van der Waals surface area contributed by atoms with Crippen molar-refractivity contribution in [3.05, 3.63) is 132 Å². The molecule has 5 heterocycles. The first kappa shape index (κ1) is 34.0. The molecule has 3 aliphatic rings. The van der Waals surface area contributed by atoms with Gasteiger partial charge < -0.3 is 32.7 Å². The molecule has 1 saturated heterocycles. The van der Waals surface area contributed by atoms with E-state index in [0.717, 1.165) is 55.6 Å². The molecule has 4 aromatic carbocycles. The van der Waals surface area contributed by atoms with Crippen LogP contribution < -0.4 is 9.47 Å². The molecule has 6 bridgehead atoms. The third-order valence-corrected chi connectivity index (χ3v) is 10.9. The molecule has 0 aliphatic carbocycles. The lowest BCUT2D eigenvalue weighted by atomic mass is 9.74. The summed E-state index contributed by atoms with van der Waals surface area (Å²) in [5, 5.41) is 1.03. The Balaban J connectivity index is 1.14. The van der Waals surface area contributed by atoms with Gasteiger partial charge in [-0.05, 0) is 55.2 Å². The highest BCUT2D eigenvalue weighted by atomic mass is 16.6. The number of amides is 1. The van der Waals surface area contributed by atoms with Gasteiger partial charge in [-0.3, -0.25) is 4.90 Å². The van der Waals surface area contributed by atoms with Gasteiger partial charge in [0.05, 0.1) is 36.9 Å². The number of para-hydroxylation sites is 1. The zero-order valence-electron chi connectivity index (χ0n) is 30.7. The van der Waals surface area contributed by atoms with Gasteiger partial charge >= 0.3 is 6.09 Å². The van der Waals surface area contributed by atoms with Crippen LogP contribution in [0.4, 0.5) is 4.79 Å². The largest absolute Gasteiger partial charge is 0.496 e. The summed E-state index contributed by atoms with van der Waals surface area (Å²) in [5.41, 5.74) is 6.23. The van der Waals surface area contributed by atoms with Crippen LogP contribution in [0.5, 0.6) is 11.5 Å². The molecule has 274 valence electrons.